The monoisotopic (exact) mass is 454 g/mol. The van der Waals surface area contributed by atoms with Crippen molar-refractivity contribution in [2.75, 3.05) is 0 Å². The Morgan fingerprint density at radius 3 is 2.54 bits per heavy atom. The van der Waals surface area contributed by atoms with Crippen LogP contribution in [0.1, 0.15) is 28.1 Å². The molecule has 0 fully saturated rings. The molecule has 0 N–H and O–H groups in total. The van der Waals surface area contributed by atoms with E-state index in [2.05, 4.69) is 101 Å². The van der Waals surface area contributed by atoms with Crippen LogP contribution in [-0.2, 0) is 13.0 Å². The van der Waals surface area contributed by atoms with Gasteiger partial charge in [-0.1, -0.05) is 54.1 Å². The maximum atomic E-state index is 5.08. The molecule has 0 atom stereocenters. The van der Waals surface area contributed by atoms with Crippen LogP contribution in [0.4, 0.5) is 0 Å². The van der Waals surface area contributed by atoms with E-state index in [1.165, 1.54) is 22.3 Å². The summed E-state index contributed by atoms with van der Waals surface area (Å²) >= 11 is 0. The summed E-state index contributed by atoms with van der Waals surface area (Å²) < 4.78 is 2.37. The van der Waals surface area contributed by atoms with Crippen molar-refractivity contribution in [1.82, 2.24) is 19.5 Å². The molecular weight excluding hydrogens is 428 g/mol. The van der Waals surface area contributed by atoms with Gasteiger partial charge in [-0.15, -0.1) is 0 Å². The highest BCUT2D eigenvalue weighted by atomic mass is 15.1. The molecule has 35 heavy (non-hydrogen) atoms. The Morgan fingerprint density at radius 1 is 0.800 bits per heavy atom. The molecule has 0 aliphatic carbocycles. The van der Waals surface area contributed by atoms with Crippen LogP contribution in [0.2, 0.25) is 0 Å². The molecular formula is C31H26N4. The fourth-order valence-corrected chi connectivity index (χ4v) is 4.81. The van der Waals surface area contributed by atoms with Gasteiger partial charge in [0.1, 0.15) is 5.82 Å². The van der Waals surface area contributed by atoms with Gasteiger partial charge in [0.05, 0.1) is 16.6 Å². The molecule has 0 spiro atoms. The molecule has 0 unspecified atom stereocenters. The van der Waals surface area contributed by atoms with Gasteiger partial charge in [0.2, 0.25) is 0 Å². The number of imidazole rings is 1. The predicted octanol–water partition coefficient (Wildman–Crippen LogP) is 6.90. The van der Waals surface area contributed by atoms with E-state index >= 15 is 0 Å². The van der Waals surface area contributed by atoms with E-state index in [9.17, 15) is 0 Å². The number of pyridine rings is 2. The number of rotatable bonds is 5. The molecule has 0 saturated carbocycles. The summed E-state index contributed by atoms with van der Waals surface area (Å²) in [5.41, 5.74) is 10.5. The Bertz CT molecular complexity index is 1660. The molecule has 0 amide bonds. The zero-order valence-corrected chi connectivity index (χ0v) is 19.9. The molecule has 6 rings (SSSR count). The van der Waals surface area contributed by atoms with Crippen molar-refractivity contribution in [2.45, 2.75) is 26.8 Å². The van der Waals surface area contributed by atoms with Gasteiger partial charge < -0.3 is 4.57 Å². The SMILES string of the molecule is Cc1ccc(C)c(Cn2c(Cc3ccncc3)nc3ccc(-c4cccc5cccnc45)cc32)c1. The minimum absolute atomic E-state index is 0.757. The molecule has 4 heteroatoms. The molecule has 3 aromatic carbocycles. The summed E-state index contributed by atoms with van der Waals surface area (Å²) in [7, 11) is 0. The summed E-state index contributed by atoms with van der Waals surface area (Å²) in [6.45, 7) is 5.11. The minimum atomic E-state index is 0.757. The van der Waals surface area contributed by atoms with Crippen LogP contribution in [0, 0.1) is 13.8 Å². The van der Waals surface area contributed by atoms with Gasteiger partial charge in [0.15, 0.2) is 0 Å². The van der Waals surface area contributed by atoms with Gasteiger partial charge in [0, 0.05) is 42.5 Å². The summed E-state index contributed by atoms with van der Waals surface area (Å²) in [6, 6.07) is 27.8. The second-order valence-corrected chi connectivity index (χ2v) is 9.16. The lowest BCUT2D eigenvalue weighted by Crippen LogP contribution is -2.07. The lowest BCUT2D eigenvalue weighted by Gasteiger charge is -2.13. The molecule has 170 valence electrons. The van der Waals surface area contributed by atoms with Crippen LogP contribution < -0.4 is 0 Å². The average molecular weight is 455 g/mol. The van der Waals surface area contributed by atoms with Crippen molar-refractivity contribution in [1.29, 1.82) is 0 Å². The number of fused-ring (bicyclic) bond motifs is 2. The van der Waals surface area contributed by atoms with E-state index in [0.29, 0.717) is 0 Å². The first-order valence-electron chi connectivity index (χ1n) is 11.9. The van der Waals surface area contributed by atoms with Gasteiger partial charge in [-0.2, -0.15) is 0 Å². The standard InChI is InChI=1S/C31H26N4/c1-21-8-9-22(2)26(17-21)20-35-29-19-25(27-7-3-5-24-6-4-14-33-31(24)27)10-11-28(29)34-30(35)18-23-12-15-32-16-13-23/h3-17,19H,18,20H2,1-2H3. The van der Waals surface area contributed by atoms with E-state index in [4.69, 9.17) is 4.98 Å². The first kappa shape index (κ1) is 21.2. The Kier molecular flexibility index (Phi) is 5.34. The third-order valence-electron chi connectivity index (χ3n) is 6.72. The van der Waals surface area contributed by atoms with E-state index in [-0.39, 0.29) is 0 Å². The zero-order valence-electron chi connectivity index (χ0n) is 19.9. The fraction of sp³-hybridized carbons (Fsp3) is 0.129. The second-order valence-electron chi connectivity index (χ2n) is 9.16. The maximum absolute atomic E-state index is 5.08. The summed E-state index contributed by atoms with van der Waals surface area (Å²) in [5.74, 6) is 1.06. The summed E-state index contributed by atoms with van der Waals surface area (Å²) in [4.78, 5) is 13.9. The molecule has 0 radical (unpaired) electrons. The highest BCUT2D eigenvalue weighted by molar-refractivity contribution is 5.95. The topological polar surface area (TPSA) is 43.6 Å². The van der Waals surface area contributed by atoms with E-state index in [0.717, 1.165) is 51.9 Å². The number of nitrogens with zero attached hydrogens (tertiary/aromatic N) is 4. The maximum Gasteiger partial charge on any atom is 0.114 e. The highest BCUT2D eigenvalue weighted by Gasteiger charge is 2.15. The van der Waals surface area contributed by atoms with Crippen molar-refractivity contribution in [3.63, 3.8) is 0 Å². The number of hydrogen-bond donors (Lipinski definition) is 0. The number of para-hydroxylation sites is 1. The first-order valence-corrected chi connectivity index (χ1v) is 11.9. The number of aromatic nitrogens is 4. The van der Waals surface area contributed by atoms with Crippen LogP contribution in [-0.4, -0.2) is 19.5 Å². The summed E-state index contributed by atoms with van der Waals surface area (Å²) in [6.07, 6.45) is 6.31. The van der Waals surface area contributed by atoms with Crippen molar-refractivity contribution in [3.05, 3.63) is 126 Å². The van der Waals surface area contributed by atoms with Crippen LogP contribution in [0.15, 0.2) is 97.5 Å². The second kappa shape index (κ2) is 8.80. The number of benzene rings is 3. The van der Waals surface area contributed by atoms with E-state index < -0.39 is 0 Å². The Balaban J connectivity index is 1.53. The molecule has 3 heterocycles. The lowest BCUT2D eigenvalue weighted by molar-refractivity contribution is 0.758. The third kappa shape index (κ3) is 4.08. The smallest absolute Gasteiger partial charge is 0.114 e. The summed E-state index contributed by atoms with van der Waals surface area (Å²) in [5, 5.41) is 1.15. The molecule has 4 nitrogen and oxygen atoms in total. The Morgan fingerprint density at radius 2 is 1.66 bits per heavy atom. The Hall–Kier alpha value is -4.31. The van der Waals surface area contributed by atoms with Crippen molar-refractivity contribution in [2.24, 2.45) is 0 Å². The molecule has 0 aliphatic heterocycles. The van der Waals surface area contributed by atoms with Gasteiger partial charge in [-0.05, 0) is 66.4 Å². The van der Waals surface area contributed by atoms with E-state index in [1.54, 1.807) is 0 Å². The Labute approximate surface area is 205 Å². The first-order chi connectivity index (χ1) is 17.2. The van der Waals surface area contributed by atoms with Gasteiger partial charge in [-0.3, -0.25) is 9.97 Å². The molecule has 3 aromatic heterocycles. The van der Waals surface area contributed by atoms with Gasteiger partial charge in [-0.25, -0.2) is 4.98 Å². The minimum Gasteiger partial charge on any atom is -0.323 e. The van der Waals surface area contributed by atoms with Gasteiger partial charge in [0.25, 0.3) is 0 Å². The number of hydrogen-bond acceptors (Lipinski definition) is 3. The molecule has 0 saturated heterocycles. The average Bonchev–Trinajstić information content (AvgIpc) is 3.22. The molecule has 0 bridgehead atoms. The largest absolute Gasteiger partial charge is 0.323 e. The third-order valence-corrected chi connectivity index (χ3v) is 6.72. The predicted molar refractivity (Wildman–Crippen MR) is 143 cm³/mol. The normalized spacial score (nSPS) is 11.4. The van der Waals surface area contributed by atoms with Crippen LogP contribution in [0.5, 0.6) is 0 Å². The van der Waals surface area contributed by atoms with Crippen LogP contribution in [0.25, 0.3) is 33.1 Å². The van der Waals surface area contributed by atoms with Crippen molar-refractivity contribution >= 4 is 21.9 Å². The van der Waals surface area contributed by atoms with Crippen LogP contribution >= 0.6 is 0 Å². The van der Waals surface area contributed by atoms with Crippen molar-refractivity contribution in [3.8, 4) is 11.1 Å². The molecule has 6 aromatic rings. The quantitative estimate of drug-likeness (QED) is 0.284. The number of aryl methyl sites for hydroxylation is 2. The fourth-order valence-electron chi connectivity index (χ4n) is 4.81. The van der Waals surface area contributed by atoms with Crippen LogP contribution in [0.3, 0.4) is 0 Å². The van der Waals surface area contributed by atoms with Gasteiger partial charge >= 0.3 is 0 Å². The lowest BCUT2D eigenvalue weighted by atomic mass is 10.0. The highest BCUT2D eigenvalue weighted by Crippen LogP contribution is 2.31. The van der Waals surface area contributed by atoms with E-state index in [1.807, 2.05) is 24.7 Å². The van der Waals surface area contributed by atoms with Crippen molar-refractivity contribution < 1.29 is 0 Å². The molecule has 0 aliphatic rings. The zero-order chi connectivity index (χ0) is 23.8.